The van der Waals surface area contributed by atoms with Crippen LogP contribution in [0.25, 0.3) is 10.8 Å². The predicted octanol–water partition coefficient (Wildman–Crippen LogP) is 4.59. The van der Waals surface area contributed by atoms with Crippen LogP contribution in [-0.4, -0.2) is 11.1 Å². The van der Waals surface area contributed by atoms with Crippen molar-refractivity contribution in [3.8, 4) is 0 Å². The first-order chi connectivity index (χ1) is 9.27. The molecule has 1 fully saturated rings. The zero-order chi connectivity index (χ0) is 13.2. The van der Waals surface area contributed by atoms with Crippen LogP contribution in [0.15, 0.2) is 36.4 Å². The monoisotopic (exact) mass is 254 g/mol. The molecular formula is C17H18O2. The van der Waals surface area contributed by atoms with Crippen molar-refractivity contribution in [3.63, 3.8) is 0 Å². The fraction of sp³-hybridized carbons (Fsp3) is 0.353. The third-order valence-electron chi connectivity index (χ3n) is 4.23. The van der Waals surface area contributed by atoms with Crippen LogP contribution in [0.1, 0.15) is 53.9 Å². The summed E-state index contributed by atoms with van der Waals surface area (Å²) in [5.41, 5.74) is 1.75. The lowest BCUT2D eigenvalue weighted by Gasteiger charge is -2.23. The maximum atomic E-state index is 11.3. The summed E-state index contributed by atoms with van der Waals surface area (Å²) in [6, 6.07) is 11.7. The van der Waals surface area contributed by atoms with Gasteiger partial charge in [0.2, 0.25) is 0 Å². The molecule has 19 heavy (non-hydrogen) atoms. The van der Waals surface area contributed by atoms with Crippen LogP contribution >= 0.6 is 0 Å². The van der Waals surface area contributed by atoms with Gasteiger partial charge in [-0.3, -0.25) is 0 Å². The number of rotatable bonds is 2. The molecule has 0 saturated heterocycles. The molecule has 3 rings (SSSR count). The van der Waals surface area contributed by atoms with Gasteiger partial charge in [-0.05, 0) is 41.2 Å². The second kappa shape index (κ2) is 5.04. The third kappa shape index (κ3) is 2.23. The van der Waals surface area contributed by atoms with Crippen LogP contribution in [0.5, 0.6) is 0 Å². The first-order valence-corrected chi connectivity index (χ1v) is 7.02. The van der Waals surface area contributed by atoms with Crippen molar-refractivity contribution >= 4 is 16.7 Å². The SMILES string of the molecule is O=C(O)c1cccc2c(C3CCCCC3)cccc12. The molecule has 0 amide bonds. The molecule has 0 radical (unpaired) electrons. The second-order valence-corrected chi connectivity index (χ2v) is 5.39. The van der Waals surface area contributed by atoms with Gasteiger partial charge in [-0.1, -0.05) is 49.6 Å². The molecule has 0 unspecified atom stereocenters. The van der Waals surface area contributed by atoms with Crippen molar-refractivity contribution < 1.29 is 9.90 Å². The largest absolute Gasteiger partial charge is 0.478 e. The van der Waals surface area contributed by atoms with E-state index >= 15 is 0 Å². The van der Waals surface area contributed by atoms with E-state index in [1.54, 1.807) is 6.07 Å². The lowest BCUT2D eigenvalue weighted by atomic mass is 9.82. The summed E-state index contributed by atoms with van der Waals surface area (Å²) in [5.74, 6) is -0.243. The fourth-order valence-electron chi connectivity index (χ4n) is 3.29. The normalized spacial score (nSPS) is 16.6. The molecule has 1 aliphatic carbocycles. The van der Waals surface area contributed by atoms with Crippen LogP contribution < -0.4 is 0 Å². The van der Waals surface area contributed by atoms with E-state index in [2.05, 4.69) is 12.1 Å². The Morgan fingerprint density at radius 3 is 2.37 bits per heavy atom. The highest BCUT2D eigenvalue weighted by Gasteiger charge is 2.18. The van der Waals surface area contributed by atoms with Gasteiger partial charge in [-0.25, -0.2) is 4.79 Å². The van der Waals surface area contributed by atoms with E-state index in [0.29, 0.717) is 11.5 Å². The predicted molar refractivity (Wildman–Crippen MR) is 76.7 cm³/mol. The summed E-state index contributed by atoms with van der Waals surface area (Å²) in [6.07, 6.45) is 6.38. The Balaban J connectivity index is 2.15. The zero-order valence-electron chi connectivity index (χ0n) is 10.9. The molecule has 0 heterocycles. The van der Waals surface area contributed by atoms with Crippen molar-refractivity contribution in [1.29, 1.82) is 0 Å². The molecule has 2 aromatic rings. The highest BCUT2D eigenvalue weighted by Crippen LogP contribution is 2.36. The summed E-state index contributed by atoms with van der Waals surface area (Å²) in [4.78, 5) is 11.3. The van der Waals surface area contributed by atoms with Crippen LogP contribution in [0, 0.1) is 0 Å². The van der Waals surface area contributed by atoms with Crippen LogP contribution in [-0.2, 0) is 0 Å². The van der Waals surface area contributed by atoms with Crippen LogP contribution in [0.3, 0.4) is 0 Å². The molecule has 1 N–H and O–H groups in total. The lowest BCUT2D eigenvalue weighted by molar-refractivity contribution is 0.0699. The number of benzene rings is 2. The second-order valence-electron chi connectivity index (χ2n) is 5.39. The van der Waals surface area contributed by atoms with Crippen molar-refractivity contribution in [1.82, 2.24) is 0 Å². The molecule has 0 aliphatic heterocycles. The molecule has 2 heteroatoms. The first kappa shape index (κ1) is 12.2. The standard InChI is InChI=1S/C17H18O2/c18-17(19)16-11-5-9-14-13(8-4-10-15(14)16)12-6-2-1-3-7-12/h4-5,8-12H,1-3,6-7H2,(H,18,19). The van der Waals surface area contributed by atoms with Crippen molar-refractivity contribution in [2.75, 3.05) is 0 Å². The van der Waals surface area contributed by atoms with Gasteiger partial charge in [0.1, 0.15) is 0 Å². The van der Waals surface area contributed by atoms with Gasteiger partial charge in [0.25, 0.3) is 0 Å². The average molecular weight is 254 g/mol. The first-order valence-electron chi connectivity index (χ1n) is 7.02. The summed E-state index contributed by atoms with van der Waals surface area (Å²) in [5, 5.41) is 11.3. The van der Waals surface area contributed by atoms with E-state index in [9.17, 15) is 9.90 Å². The van der Waals surface area contributed by atoms with E-state index in [0.717, 1.165) is 10.8 Å². The minimum Gasteiger partial charge on any atom is -0.478 e. The van der Waals surface area contributed by atoms with E-state index in [1.165, 1.54) is 37.7 Å². The Hall–Kier alpha value is -1.83. The number of hydrogen-bond donors (Lipinski definition) is 1. The fourth-order valence-corrected chi connectivity index (χ4v) is 3.29. The van der Waals surface area contributed by atoms with Gasteiger partial charge in [0.05, 0.1) is 5.56 Å². The molecule has 98 valence electrons. The van der Waals surface area contributed by atoms with Gasteiger partial charge >= 0.3 is 5.97 Å². The Morgan fingerprint density at radius 1 is 0.947 bits per heavy atom. The number of carboxylic acid groups (broad SMARTS) is 1. The molecule has 1 saturated carbocycles. The number of carboxylic acids is 1. The Bertz CT molecular complexity index is 610. The Morgan fingerprint density at radius 2 is 1.63 bits per heavy atom. The highest BCUT2D eigenvalue weighted by molar-refractivity contribution is 6.04. The maximum Gasteiger partial charge on any atom is 0.336 e. The maximum absolute atomic E-state index is 11.3. The van der Waals surface area contributed by atoms with E-state index in [1.807, 2.05) is 18.2 Å². The number of hydrogen-bond acceptors (Lipinski definition) is 1. The quantitative estimate of drug-likeness (QED) is 0.851. The number of fused-ring (bicyclic) bond motifs is 1. The molecule has 0 aromatic heterocycles. The molecule has 2 aromatic carbocycles. The molecule has 0 bridgehead atoms. The lowest BCUT2D eigenvalue weighted by Crippen LogP contribution is -2.06. The van der Waals surface area contributed by atoms with Gasteiger partial charge in [0.15, 0.2) is 0 Å². The summed E-state index contributed by atoms with van der Waals surface area (Å²) >= 11 is 0. The van der Waals surface area contributed by atoms with Gasteiger partial charge in [0, 0.05) is 0 Å². The van der Waals surface area contributed by atoms with Crippen LogP contribution in [0.4, 0.5) is 0 Å². The zero-order valence-corrected chi connectivity index (χ0v) is 10.9. The minimum atomic E-state index is -0.841. The van der Waals surface area contributed by atoms with Crippen molar-refractivity contribution in [2.24, 2.45) is 0 Å². The highest BCUT2D eigenvalue weighted by atomic mass is 16.4. The van der Waals surface area contributed by atoms with E-state index in [4.69, 9.17) is 0 Å². The smallest absolute Gasteiger partial charge is 0.336 e. The molecular weight excluding hydrogens is 236 g/mol. The number of carbonyl (C=O) groups is 1. The average Bonchev–Trinajstić information content (AvgIpc) is 2.46. The minimum absolute atomic E-state index is 0.412. The molecule has 2 nitrogen and oxygen atoms in total. The van der Waals surface area contributed by atoms with Gasteiger partial charge in [-0.2, -0.15) is 0 Å². The van der Waals surface area contributed by atoms with E-state index in [-0.39, 0.29) is 0 Å². The van der Waals surface area contributed by atoms with Crippen molar-refractivity contribution in [2.45, 2.75) is 38.0 Å². The Kier molecular flexibility index (Phi) is 3.24. The third-order valence-corrected chi connectivity index (χ3v) is 4.23. The summed E-state index contributed by atoms with van der Waals surface area (Å²) in [6.45, 7) is 0. The van der Waals surface area contributed by atoms with E-state index < -0.39 is 5.97 Å². The van der Waals surface area contributed by atoms with Gasteiger partial charge < -0.3 is 5.11 Å². The summed E-state index contributed by atoms with van der Waals surface area (Å²) < 4.78 is 0. The topological polar surface area (TPSA) is 37.3 Å². The molecule has 1 aliphatic rings. The van der Waals surface area contributed by atoms with Crippen molar-refractivity contribution in [3.05, 3.63) is 47.5 Å². The summed E-state index contributed by atoms with van der Waals surface area (Å²) in [7, 11) is 0. The van der Waals surface area contributed by atoms with Gasteiger partial charge in [-0.15, -0.1) is 0 Å². The molecule has 0 spiro atoms. The Labute approximate surface area is 113 Å². The van der Waals surface area contributed by atoms with Crippen LogP contribution in [0.2, 0.25) is 0 Å². The number of aromatic carboxylic acids is 1. The molecule has 0 atom stereocenters.